The molecule has 0 aliphatic heterocycles. The minimum Gasteiger partial charge on any atom is -0.506 e. The summed E-state index contributed by atoms with van der Waals surface area (Å²) >= 11 is 5.46. The third-order valence-corrected chi connectivity index (χ3v) is 3.08. The minimum absolute atomic E-state index is 0.257. The lowest BCUT2D eigenvalue weighted by Gasteiger charge is -2.00. The van der Waals surface area contributed by atoms with Crippen LogP contribution in [0.1, 0.15) is 0 Å². The van der Waals surface area contributed by atoms with E-state index in [2.05, 4.69) is 0 Å². The van der Waals surface area contributed by atoms with Crippen LogP contribution >= 0.6 is 22.3 Å². The number of phenols is 1. The Morgan fingerprint density at radius 1 is 1.33 bits per heavy atom. The van der Waals surface area contributed by atoms with Gasteiger partial charge in [-0.2, -0.15) is 0 Å². The number of hydrogen-bond donors (Lipinski definition) is 1. The van der Waals surface area contributed by atoms with E-state index in [1.54, 1.807) is 0 Å². The molecule has 66 valence electrons. The van der Waals surface area contributed by atoms with Crippen molar-refractivity contribution in [2.24, 2.45) is 0 Å². The molecule has 0 heterocycles. The van der Waals surface area contributed by atoms with E-state index >= 15 is 0 Å². The van der Waals surface area contributed by atoms with Crippen molar-refractivity contribution in [1.29, 1.82) is 0 Å². The molecule has 6 heteroatoms. The predicted molar refractivity (Wildman–Crippen MR) is 46.2 cm³/mol. The van der Waals surface area contributed by atoms with Gasteiger partial charge in [0.05, 0.1) is 0 Å². The van der Waals surface area contributed by atoms with E-state index in [-0.39, 0.29) is 15.7 Å². The summed E-state index contributed by atoms with van der Waals surface area (Å²) in [6, 6.07) is 3.83. The van der Waals surface area contributed by atoms with E-state index in [9.17, 15) is 8.42 Å². The minimum atomic E-state index is -3.88. The van der Waals surface area contributed by atoms with Crippen molar-refractivity contribution in [3.63, 3.8) is 0 Å². The van der Waals surface area contributed by atoms with E-state index in [1.165, 1.54) is 18.2 Å². The molecule has 0 amide bonds. The van der Waals surface area contributed by atoms with Gasteiger partial charge in [-0.3, -0.25) is 0 Å². The number of halogens is 2. The smallest absolute Gasteiger partial charge is 0.262 e. The number of phenolic OH excluding ortho intramolecular Hbond substituents is 1. The maximum atomic E-state index is 10.8. The van der Waals surface area contributed by atoms with Gasteiger partial charge in [0.1, 0.15) is 15.7 Å². The second-order valence-corrected chi connectivity index (χ2v) is 4.94. The van der Waals surface area contributed by atoms with Crippen molar-refractivity contribution >= 4 is 31.3 Å². The lowest BCUT2D eigenvalue weighted by atomic mass is 10.3. The van der Waals surface area contributed by atoms with Gasteiger partial charge >= 0.3 is 0 Å². The average Bonchev–Trinajstić information content (AvgIpc) is 1.92. The number of rotatable bonds is 1. The van der Waals surface area contributed by atoms with E-state index in [0.717, 1.165) is 0 Å². The first-order valence-corrected chi connectivity index (χ1v) is 5.54. The molecule has 0 radical (unpaired) electrons. The maximum Gasteiger partial charge on any atom is 0.262 e. The third-order valence-electron chi connectivity index (χ3n) is 1.21. The second kappa shape index (κ2) is 3.12. The van der Waals surface area contributed by atoms with Crippen LogP contribution in [0.25, 0.3) is 0 Å². The Bertz CT molecular complexity index is 399. The summed E-state index contributed by atoms with van der Waals surface area (Å²) in [4.78, 5) is -0.286. The molecule has 0 saturated heterocycles. The lowest BCUT2D eigenvalue weighted by molar-refractivity contribution is 0.473. The average molecular weight is 227 g/mol. The first-order valence-electron chi connectivity index (χ1n) is 2.85. The molecular weight excluding hydrogens is 223 g/mol. The predicted octanol–water partition coefficient (Wildman–Crippen LogP) is 1.97. The topological polar surface area (TPSA) is 54.4 Å². The summed E-state index contributed by atoms with van der Waals surface area (Å²) in [5.41, 5.74) is 0. The molecule has 0 aromatic heterocycles. The maximum absolute atomic E-state index is 10.8. The number of aromatic hydroxyl groups is 1. The normalized spacial score (nSPS) is 11.5. The highest BCUT2D eigenvalue weighted by Crippen LogP contribution is 2.31. The zero-order chi connectivity index (χ0) is 9.35. The molecule has 0 spiro atoms. The van der Waals surface area contributed by atoms with E-state index in [1.807, 2.05) is 0 Å². The van der Waals surface area contributed by atoms with Crippen LogP contribution < -0.4 is 0 Å². The van der Waals surface area contributed by atoms with Gasteiger partial charge in [-0.25, -0.2) is 8.42 Å². The van der Waals surface area contributed by atoms with E-state index in [0.29, 0.717) is 0 Å². The zero-order valence-corrected chi connectivity index (χ0v) is 7.99. The van der Waals surface area contributed by atoms with Crippen molar-refractivity contribution in [2.45, 2.75) is 4.90 Å². The summed E-state index contributed by atoms with van der Waals surface area (Å²) in [5, 5.41) is 8.75. The molecule has 0 aliphatic carbocycles. The fourth-order valence-corrected chi connectivity index (χ4v) is 2.18. The highest BCUT2D eigenvalue weighted by Gasteiger charge is 2.16. The summed E-state index contributed by atoms with van der Waals surface area (Å²) in [6.07, 6.45) is 0. The summed E-state index contributed by atoms with van der Waals surface area (Å²) < 4.78 is 21.6. The molecular formula is C6H4Cl2O3S. The van der Waals surface area contributed by atoms with Crippen molar-refractivity contribution in [1.82, 2.24) is 0 Å². The fraction of sp³-hybridized carbons (Fsp3) is 0. The van der Waals surface area contributed by atoms with Gasteiger partial charge in [-0.1, -0.05) is 17.7 Å². The van der Waals surface area contributed by atoms with Gasteiger partial charge < -0.3 is 5.11 Å². The van der Waals surface area contributed by atoms with Crippen LogP contribution in [-0.4, -0.2) is 13.5 Å². The summed E-state index contributed by atoms with van der Waals surface area (Å²) in [5.74, 6) is -0.307. The van der Waals surface area contributed by atoms with Crippen LogP contribution in [0.15, 0.2) is 23.1 Å². The SMILES string of the molecule is O=S(=O)(Cl)c1cccc(O)c1Cl. The Hall–Kier alpha value is -0.450. The number of hydrogen-bond acceptors (Lipinski definition) is 3. The van der Waals surface area contributed by atoms with Crippen LogP contribution in [0.2, 0.25) is 5.02 Å². The third kappa shape index (κ3) is 1.83. The van der Waals surface area contributed by atoms with Gasteiger partial charge in [0.2, 0.25) is 0 Å². The van der Waals surface area contributed by atoms with Gasteiger partial charge in [0, 0.05) is 10.7 Å². The Morgan fingerprint density at radius 3 is 2.33 bits per heavy atom. The van der Waals surface area contributed by atoms with Gasteiger partial charge in [-0.15, -0.1) is 0 Å². The first kappa shape index (κ1) is 9.64. The number of benzene rings is 1. The zero-order valence-electron chi connectivity index (χ0n) is 5.66. The van der Waals surface area contributed by atoms with Crippen LogP contribution in [0.4, 0.5) is 0 Å². The Kier molecular flexibility index (Phi) is 2.51. The molecule has 1 rings (SSSR count). The van der Waals surface area contributed by atoms with Gasteiger partial charge in [-0.05, 0) is 12.1 Å². The highest BCUT2D eigenvalue weighted by atomic mass is 35.7. The molecule has 1 aromatic carbocycles. The molecule has 1 N–H and O–H groups in total. The van der Waals surface area contributed by atoms with Gasteiger partial charge in [0.25, 0.3) is 9.05 Å². The van der Waals surface area contributed by atoms with E-state index < -0.39 is 9.05 Å². The molecule has 1 aromatic rings. The van der Waals surface area contributed by atoms with Crippen LogP contribution in [0.5, 0.6) is 5.75 Å². The molecule has 12 heavy (non-hydrogen) atoms. The fourth-order valence-electron chi connectivity index (χ4n) is 0.688. The molecule has 0 aliphatic rings. The van der Waals surface area contributed by atoms with Gasteiger partial charge in [0.15, 0.2) is 0 Å². The monoisotopic (exact) mass is 226 g/mol. The van der Waals surface area contributed by atoms with Crippen molar-refractivity contribution in [3.8, 4) is 5.75 Å². The summed E-state index contributed by atoms with van der Waals surface area (Å²) in [7, 11) is 1.14. The largest absolute Gasteiger partial charge is 0.506 e. The first-order chi connectivity index (χ1) is 5.43. The molecule has 0 unspecified atom stereocenters. The van der Waals surface area contributed by atoms with Crippen molar-refractivity contribution in [3.05, 3.63) is 23.2 Å². The van der Waals surface area contributed by atoms with Crippen molar-refractivity contribution < 1.29 is 13.5 Å². The highest BCUT2D eigenvalue weighted by molar-refractivity contribution is 8.13. The molecule has 0 saturated carbocycles. The van der Waals surface area contributed by atoms with E-state index in [4.69, 9.17) is 27.4 Å². The Labute approximate surface area is 79.0 Å². The molecule has 0 fully saturated rings. The summed E-state index contributed by atoms with van der Waals surface area (Å²) in [6.45, 7) is 0. The van der Waals surface area contributed by atoms with Crippen LogP contribution in [0.3, 0.4) is 0 Å². The second-order valence-electron chi connectivity index (χ2n) is 2.03. The van der Waals surface area contributed by atoms with Crippen LogP contribution in [-0.2, 0) is 9.05 Å². The Morgan fingerprint density at radius 2 is 1.92 bits per heavy atom. The molecule has 3 nitrogen and oxygen atoms in total. The lowest BCUT2D eigenvalue weighted by Crippen LogP contribution is -1.91. The standard InChI is InChI=1S/C6H4Cl2O3S/c7-6-4(9)2-1-3-5(6)12(8,10)11/h1-3,9H. The Balaban J connectivity index is 3.47. The molecule has 0 bridgehead atoms. The van der Waals surface area contributed by atoms with Crippen LogP contribution in [0, 0.1) is 0 Å². The molecule has 0 atom stereocenters. The quantitative estimate of drug-likeness (QED) is 0.746. The van der Waals surface area contributed by atoms with Crippen molar-refractivity contribution in [2.75, 3.05) is 0 Å².